The van der Waals surface area contributed by atoms with Gasteiger partial charge in [-0.15, -0.1) is 11.3 Å². The predicted molar refractivity (Wildman–Crippen MR) is 92.5 cm³/mol. The number of amides is 1. The van der Waals surface area contributed by atoms with Crippen molar-refractivity contribution in [2.24, 2.45) is 0 Å². The summed E-state index contributed by atoms with van der Waals surface area (Å²) in [4.78, 5) is 43.3. The first kappa shape index (κ1) is 17.3. The Balaban J connectivity index is 1.82. The molecule has 25 heavy (non-hydrogen) atoms. The number of hydrogen-bond donors (Lipinski definition) is 3. The quantitative estimate of drug-likeness (QED) is 0.775. The lowest BCUT2D eigenvalue weighted by atomic mass is 9.94. The van der Waals surface area contributed by atoms with Gasteiger partial charge in [0.25, 0.3) is 5.91 Å². The molecule has 1 atom stereocenters. The van der Waals surface area contributed by atoms with Crippen molar-refractivity contribution in [3.63, 3.8) is 0 Å². The number of carboxylic acid groups (broad SMARTS) is 1. The summed E-state index contributed by atoms with van der Waals surface area (Å²) >= 11 is 1.06. The minimum Gasteiger partial charge on any atom is -0.477 e. The molecule has 7 nitrogen and oxygen atoms in total. The van der Waals surface area contributed by atoms with Crippen LogP contribution in [0.3, 0.4) is 0 Å². The zero-order valence-electron chi connectivity index (χ0n) is 14.2. The summed E-state index contributed by atoms with van der Waals surface area (Å²) in [6.45, 7) is 5.16. The van der Waals surface area contributed by atoms with Gasteiger partial charge in [-0.2, -0.15) is 0 Å². The van der Waals surface area contributed by atoms with Gasteiger partial charge in [-0.05, 0) is 39.2 Å². The molecule has 2 aromatic rings. The fourth-order valence-corrected chi connectivity index (χ4v) is 4.04. The monoisotopic (exact) mass is 361 g/mol. The summed E-state index contributed by atoms with van der Waals surface area (Å²) in [5, 5.41) is 12.5. The lowest BCUT2D eigenvalue weighted by molar-refractivity contribution is 0.0700. The summed E-state index contributed by atoms with van der Waals surface area (Å²) < 4.78 is 0. The Morgan fingerprint density at radius 1 is 1.32 bits per heavy atom. The third kappa shape index (κ3) is 3.09. The second-order valence-electron chi connectivity index (χ2n) is 6.22. The van der Waals surface area contributed by atoms with Crippen LogP contribution in [0.25, 0.3) is 0 Å². The number of ketones is 1. The predicted octanol–water partition coefficient (Wildman–Crippen LogP) is 2.80. The molecular weight excluding hydrogens is 342 g/mol. The molecule has 1 amide bonds. The standard InChI is InChI=1S/C17H19N3O4S/c1-7-12-10(5-4-6-11(12)21)20-13(7)15(22)18-9(3)16-19-8(2)14(25-16)17(23)24/h9,20H,4-6H2,1-3H3,(H,18,22)(H,23,24). The van der Waals surface area contributed by atoms with Gasteiger partial charge in [-0.25, -0.2) is 9.78 Å². The van der Waals surface area contributed by atoms with E-state index in [0.29, 0.717) is 33.9 Å². The average molecular weight is 361 g/mol. The van der Waals surface area contributed by atoms with Gasteiger partial charge in [0.15, 0.2) is 5.78 Å². The van der Waals surface area contributed by atoms with Crippen molar-refractivity contribution in [3.05, 3.63) is 38.1 Å². The maximum Gasteiger partial charge on any atom is 0.347 e. The molecule has 3 N–H and O–H groups in total. The Morgan fingerprint density at radius 2 is 2.04 bits per heavy atom. The number of hydrogen-bond acceptors (Lipinski definition) is 5. The number of carbonyl (C=O) groups excluding carboxylic acids is 2. The summed E-state index contributed by atoms with van der Waals surface area (Å²) in [7, 11) is 0. The van der Waals surface area contributed by atoms with E-state index in [1.165, 1.54) is 0 Å². The number of H-pyrrole nitrogens is 1. The molecular formula is C17H19N3O4S. The highest BCUT2D eigenvalue weighted by atomic mass is 32.1. The first-order chi connectivity index (χ1) is 11.8. The molecule has 132 valence electrons. The molecule has 0 spiro atoms. The molecule has 0 saturated heterocycles. The summed E-state index contributed by atoms with van der Waals surface area (Å²) in [5.41, 5.74) is 2.96. The number of carboxylic acids is 1. The molecule has 1 aliphatic carbocycles. The minimum absolute atomic E-state index is 0.0729. The number of nitrogens with zero attached hydrogens (tertiary/aromatic N) is 1. The largest absolute Gasteiger partial charge is 0.477 e. The zero-order valence-corrected chi connectivity index (χ0v) is 15.0. The number of aromatic nitrogens is 2. The van der Waals surface area contributed by atoms with E-state index in [1.807, 2.05) is 0 Å². The number of nitrogens with one attached hydrogen (secondary N) is 2. The van der Waals surface area contributed by atoms with Crippen LogP contribution in [0.5, 0.6) is 0 Å². The van der Waals surface area contributed by atoms with E-state index >= 15 is 0 Å². The van der Waals surface area contributed by atoms with Crippen LogP contribution in [0, 0.1) is 13.8 Å². The van der Waals surface area contributed by atoms with Crippen molar-refractivity contribution in [1.29, 1.82) is 0 Å². The van der Waals surface area contributed by atoms with Crippen LogP contribution < -0.4 is 5.32 Å². The van der Waals surface area contributed by atoms with Crippen molar-refractivity contribution in [2.45, 2.75) is 46.1 Å². The van der Waals surface area contributed by atoms with Crippen LogP contribution in [0.4, 0.5) is 0 Å². The number of carbonyl (C=O) groups is 3. The Bertz CT molecular complexity index is 881. The molecule has 0 saturated carbocycles. The third-order valence-electron chi connectivity index (χ3n) is 4.39. The molecule has 0 aromatic carbocycles. The van der Waals surface area contributed by atoms with Gasteiger partial charge in [0.2, 0.25) is 0 Å². The summed E-state index contributed by atoms with van der Waals surface area (Å²) in [6, 6.07) is -0.431. The number of Topliss-reactive ketones (excluding diaryl/α,β-unsaturated/α-hetero) is 1. The third-order valence-corrected chi connectivity index (χ3v) is 5.72. The highest BCUT2D eigenvalue weighted by Crippen LogP contribution is 2.28. The minimum atomic E-state index is -1.02. The van der Waals surface area contributed by atoms with Gasteiger partial charge in [0.05, 0.1) is 11.7 Å². The van der Waals surface area contributed by atoms with Gasteiger partial charge in [-0.1, -0.05) is 0 Å². The number of aryl methyl sites for hydroxylation is 2. The van der Waals surface area contributed by atoms with Crippen LogP contribution in [-0.4, -0.2) is 32.7 Å². The molecule has 0 bridgehead atoms. The molecule has 2 aromatic heterocycles. The van der Waals surface area contributed by atoms with Crippen molar-refractivity contribution in [2.75, 3.05) is 0 Å². The highest BCUT2D eigenvalue weighted by Gasteiger charge is 2.27. The van der Waals surface area contributed by atoms with Crippen molar-refractivity contribution >= 4 is 29.0 Å². The molecule has 2 heterocycles. The Labute approximate surface area is 148 Å². The summed E-state index contributed by atoms with van der Waals surface area (Å²) in [6.07, 6.45) is 2.07. The lowest BCUT2D eigenvalue weighted by Gasteiger charge is -2.11. The fourth-order valence-electron chi connectivity index (χ4n) is 3.13. The maximum absolute atomic E-state index is 12.6. The van der Waals surface area contributed by atoms with Gasteiger partial charge < -0.3 is 15.4 Å². The van der Waals surface area contributed by atoms with E-state index in [9.17, 15) is 14.4 Å². The van der Waals surface area contributed by atoms with E-state index in [2.05, 4.69) is 15.3 Å². The SMILES string of the molecule is Cc1nc(C(C)NC(=O)c2[nH]c3c(c2C)C(=O)CCC3)sc1C(=O)O. The lowest BCUT2D eigenvalue weighted by Crippen LogP contribution is -2.27. The Hall–Kier alpha value is -2.48. The van der Waals surface area contributed by atoms with Gasteiger partial charge >= 0.3 is 5.97 Å². The first-order valence-electron chi connectivity index (χ1n) is 8.05. The molecule has 3 rings (SSSR count). The van der Waals surface area contributed by atoms with Crippen molar-refractivity contribution < 1.29 is 19.5 Å². The maximum atomic E-state index is 12.6. The Morgan fingerprint density at radius 3 is 2.64 bits per heavy atom. The van der Waals surface area contributed by atoms with Crippen LogP contribution in [0.1, 0.15) is 78.3 Å². The van der Waals surface area contributed by atoms with Gasteiger partial charge in [0, 0.05) is 17.7 Å². The molecule has 0 fully saturated rings. The number of aromatic carboxylic acids is 1. The first-order valence-corrected chi connectivity index (χ1v) is 8.87. The second kappa shape index (κ2) is 6.44. The molecule has 0 radical (unpaired) electrons. The number of fused-ring (bicyclic) bond motifs is 1. The normalized spacial score (nSPS) is 14.9. The van der Waals surface area contributed by atoms with Gasteiger partial charge in [0.1, 0.15) is 15.6 Å². The Kier molecular flexibility index (Phi) is 4.47. The van der Waals surface area contributed by atoms with Gasteiger partial charge in [-0.3, -0.25) is 9.59 Å². The van der Waals surface area contributed by atoms with Crippen LogP contribution >= 0.6 is 11.3 Å². The van der Waals surface area contributed by atoms with Crippen molar-refractivity contribution in [1.82, 2.24) is 15.3 Å². The molecule has 1 unspecified atom stereocenters. The van der Waals surface area contributed by atoms with Crippen LogP contribution in [0.2, 0.25) is 0 Å². The molecule has 8 heteroatoms. The topological polar surface area (TPSA) is 112 Å². The number of aromatic amines is 1. The fraction of sp³-hybridized carbons (Fsp3) is 0.412. The molecule has 0 aliphatic heterocycles. The van der Waals surface area contributed by atoms with Crippen LogP contribution in [-0.2, 0) is 6.42 Å². The van der Waals surface area contributed by atoms with E-state index in [1.54, 1.807) is 20.8 Å². The molecule has 1 aliphatic rings. The zero-order chi connectivity index (χ0) is 18.3. The van der Waals surface area contributed by atoms with E-state index in [4.69, 9.17) is 5.11 Å². The second-order valence-corrected chi connectivity index (χ2v) is 7.25. The van der Waals surface area contributed by atoms with Crippen molar-refractivity contribution in [3.8, 4) is 0 Å². The number of rotatable bonds is 4. The van der Waals surface area contributed by atoms with E-state index in [-0.39, 0.29) is 16.6 Å². The average Bonchev–Trinajstić information content (AvgIpc) is 3.09. The summed E-state index contributed by atoms with van der Waals surface area (Å²) in [5.74, 6) is -1.27. The smallest absolute Gasteiger partial charge is 0.347 e. The van der Waals surface area contributed by atoms with Crippen LogP contribution in [0.15, 0.2) is 0 Å². The van der Waals surface area contributed by atoms with E-state index in [0.717, 1.165) is 29.9 Å². The number of thiazole rings is 1. The van der Waals surface area contributed by atoms with E-state index < -0.39 is 12.0 Å². The highest BCUT2D eigenvalue weighted by molar-refractivity contribution is 7.13.